The van der Waals surface area contributed by atoms with Crippen LogP contribution in [0, 0.1) is 0 Å². The third-order valence-electron chi connectivity index (χ3n) is 5.80. The van der Waals surface area contributed by atoms with E-state index in [0.29, 0.717) is 39.0 Å². The summed E-state index contributed by atoms with van der Waals surface area (Å²) in [5.41, 5.74) is 0.107. The normalized spacial score (nSPS) is 18.2. The van der Waals surface area contributed by atoms with Gasteiger partial charge in [-0.05, 0) is 31.4 Å². The van der Waals surface area contributed by atoms with E-state index in [1.807, 2.05) is 30.3 Å². The maximum atomic E-state index is 13.1. The molecule has 9 nitrogen and oxygen atoms in total. The highest BCUT2D eigenvalue weighted by Crippen LogP contribution is 2.17. The van der Waals surface area contributed by atoms with Crippen molar-refractivity contribution in [3.63, 3.8) is 0 Å². The molecule has 1 unspecified atom stereocenters. The summed E-state index contributed by atoms with van der Waals surface area (Å²) in [6.45, 7) is 2.09. The van der Waals surface area contributed by atoms with Crippen LogP contribution in [0.15, 0.2) is 46.0 Å². The highest BCUT2D eigenvalue weighted by atomic mass is 35.5. The molecule has 1 aromatic carbocycles. The van der Waals surface area contributed by atoms with Gasteiger partial charge in [0.25, 0.3) is 11.5 Å². The second-order valence-corrected chi connectivity index (χ2v) is 8.09. The Kier molecular flexibility index (Phi) is 9.87. The van der Waals surface area contributed by atoms with Crippen molar-refractivity contribution in [2.75, 3.05) is 26.2 Å². The number of nitrogens with zero attached hydrogens (tertiary/aromatic N) is 3. The second-order valence-electron chi connectivity index (χ2n) is 8.09. The molecular formula is C23H32ClN5O4. The minimum absolute atomic E-state index is 0. The van der Waals surface area contributed by atoms with Gasteiger partial charge in [0.15, 0.2) is 0 Å². The molecule has 1 aliphatic rings. The maximum absolute atomic E-state index is 13.1. The van der Waals surface area contributed by atoms with Crippen LogP contribution in [-0.2, 0) is 18.9 Å². The molecule has 2 aromatic rings. The molecule has 33 heavy (non-hydrogen) atoms. The molecule has 1 fully saturated rings. The molecule has 1 aromatic heterocycles. The van der Waals surface area contributed by atoms with Crippen LogP contribution in [0.5, 0.6) is 0 Å². The average molecular weight is 478 g/mol. The van der Waals surface area contributed by atoms with E-state index in [1.165, 1.54) is 24.7 Å². The first kappa shape index (κ1) is 26.3. The molecule has 3 rings (SSSR count). The van der Waals surface area contributed by atoms with Crippen molar-refractivity contribution in [1.82, 2.24) is 24.7 Å². The van der Waals surface area contributed by atoms with E-state index >= 15 is 0 Å². The van der Waals surface area contributed by atoms with Gasteiger partial charge in [0.1, 0.15) is 5.69 Å². The number of nitrogens with one attached hydrogen (secondary N) is 2. The monoisotopic (exact) mass is 477 g/mol. The minimum Gasteiger partial charge on any atom is -0.356 e. The molecular weight excluding hydrogens is 446 g/mol. The molecule has 180 valence electrons. The maximum Gasteiger partial charge on any atom is 0.331 e. The molecule has 1 atom stereocenters. The third kappa shape index (κ3) is 6.79. The van der Waals surface area contributed by atoms with E-state index in [0.717, 1.165) is 23.0 Å². The van der Waals surface area contributed by atoms with Gasteiger partial charge < -0.3 is 15.5 Å². The predicted octanol–water partition coefficient (Wildman–Crippen LogP) is 0.969. The number of hydrogen-bond acceptors (Lipinski definition) is 5. The standard InChI is InChI=1S/C23H31N5O4.ClH/c1-26-19(16-21(30)27(2)23(26)32)22(31)28-13-7-6-11-24-18(17-9-4-3-5-10-17)15-20(29)25-12-8-14-28;/h3-5,9-10,16,18,24H,6-8,11-15H2,1-2H3,(H,25,29);1H. The van der Waals surface area contributed by atoms with Gasteiger partial charge in [0.05, 0.1) is 0 Å². The molecule has 10 heteroatoms. The van der Waals surface area contributed by atoms with Crippen molar-refractivity contribution >= 4 is 24.2 Å². The molecule has 0 aliphatic carbocycles. The first-order valence-electron chi connectivity index (χ1n) is 11.0. The number of benzene rings is 1. The van der Waals surface area contributed by atoms with E-state index in [1.54, 1.807) is 4.90 Å². The SMILES string of the molecule is Cl.Cn1c(C(=O)N2CCCCNC(c3ccccc3)CC(=O)NCCC2)cc(=O)n(C)c1=O. The highest BCUT2D eigenvalue weighted by Gasteiger charge is 2.21. The molecule has 1 aliphatic heterocycles. The van der Waals surface area contributed by atoms with Crippen LogP contribution in [0.4, 0.5) is 0 Å². The third-order valence-corrected chi connectivity index (χ3v) is 5.80. The number of hydrogen-bond donors (Lipinski definition) is 2. The quantitative estimate of drug-likeness (QED) is 0.670. The number of amides is 2. The fraction of sp³-hybridized carbons (Fsp3) is 0.478. The summed E-state index contributed by atoms with van der Waals surface area (Å²) in [5.74, 6) is -0.393. The Bertz CT molecular complexity index is 1070. The Labute approximate surface area is 199 Å². The molecule has 2 amide bonds. The van der Waals surface area contributed by atoms with Crippen molar-refractivity contribution < 1.29 is 9.59 Å². The van der Waals surface area contributed by atoms with Gasteiger partial charge in [-0.3, -0.25) is 23.5 Å². The Morgan fingerprint density at radius 3 is 2.36 bits per heavy atom. The molecule has 0 spiro atoms. The Balaban J connectivity index is 0.00000385. The lowest BCUT2D eigenvalue weighted by molar-refractivity contribution is -0.121. The van der Waals surface area contributed by atoms with E-state index < -0.39 is 11.2 Å². The van der Waals surface area contributed by atoms with Gasteiger partial charge in [-0.25, -0.2) is 4.79 Å². The summed E-state index contributed by atoms with van der Waals surface area (Å²) in [5, 5.41) is 6.39. The minimum atomic E-state index is -0.532. The lowest BCUT2D eigenvalue weighted by Crippen LogP contribution is -2.43. The average Bonchev–Trinajstić information content (AvgIpc) is 2.81. The van der Waals surface area contributed by atoms with E-state index in [4.69, 9.17) is 0 Å². The van der Waals surface area contributed by atoms with Gasteiger partial charge in [-0.15, -0.1) is 12.4 Å². The number of carbonyl (C=O) groups is 2. The fourth-order valence-corrected chi connectivity index (χ4v) is 3.87. The first-order chi connectivity index (χ1) is 15.4. The van der Waals surface area contributed by atoms with Crippen molar-refractivity contribution in [3.05, 3.63) is 68.5 Å². The van der Waals surface area contributed by atoms with Crippen LogP contribution < -0.4 is 21.9 Å². The van der Waals surface area contributed by atoms with Gasteiger partial charge in [0.2, 0.25) is 5.91 Å². The summed E-state index contributed by atoms with van der Waals surface area (Å²) in [7, 11) is 2.88. The largest absolute Gasteiger partial charge is 0.356 e. The summed E-state index contributed by atoms with van der Waals surface area (Å²) in [4.78, 5) is 51.5. The summed E-state index contributed by atoms with van der Waals surface area (Å²) < 4.78 is 2.18. The Morgan fingerprint density at radius 2 is 1.64 bits per heavy atom. The van der Waals surface area contributed by atoms with Crippen molar-refractivity contribution in [1.29, 1.82) is 0 Å². The van der Waals surface area contributed by atoms with E-state index in [9.17, 15) is 19.2 Å². The molecule has 2 N–H and O–H groups in total. The molecule has 1 saturated heterocycles. The molecule has 2 heterocycles. The van der Waals surface area contributed by atoms with Gasteiger partial charge >= 0.3 is 5.69 Å². The summed E-state index contributed by atoms with van der Waals surface area (Å²) in [6.07, 6.45) is 2.52. The number of rotatable bonds is 2. The second kappa shape index (κ2) is 12.4. The summed E-state index contributed by atoms with van der Waals surface area (Å²) in [6, 6.07) is 11.0. The van der Waals surface area contributed by atoms with Gasteiger partial charge in [-0.1, -0.05) is 30.3 Å². The summed E-state index contributed by atoms with van der Waals surface area (Å²) >= 11 is 0. The van der Waals surface area contributed by atoms with Crippen molar-refractivity contribution in [3.8, 4) is 0 Å². The molecule has 0 saturated carbocycles. The smallest absolute Gasteiger partial charge is 0.331 e. The van der Waals surface area contributed by atoms with Crippen LogP contribution in [-0.4, -0.2) is 52.0 Å². The Hall–Kier alpha value is -2.91. The van der Waals surface area contributed by atoms with E-state index in [2.05, 4.69) is 10.6 Å². The zero-order valence-electron chi connectivity index (χ0n) is 19.1. The number of halogens is 1. The van der Waals surface area contributed by atoms with Gasteiger partial charge in [0, 0.05) is 52.3 Å². The van der Waals surface area contributed by atoms with Crippen LogP contribution >= 0.6 is 12.4 Å². The topological polar surface area (TPSA) is 105 Å². The van der Waals surface area contributed by atoms with Crippen LogP contribution in [0.3, 0.4) is 0 Å². The van der Waals surface area contributed by atoms with E-state index in [-0.39, 0.29) is 36.0 Å². The first-order valence-corrected chi connectivity index (χ1v) is 11.0. The lowest BCUT2D eigenvalue weighted by Gasteiger charge is -2.24. The van der Waals surface area contributed by atoms with Crippen LogP contribution in [0.25, 0.3) is 0 Å². The van der Waals surface area contributed by atoms with Gasteiger partial charge in [-0.2, -0.15) is 0 Å². The Morgan fingerprint density at radius 1 is 0.939 bits per heavy atom. The fourth-order valence-electron chi connectivity index (χ4n) is 3.87. The molecule has 0 radical (unpaired) electrons. The molecule has 0 bridgehead atoms. The number of carbonyl (C=O) groups excluding carboxylic acids is 2. The zero-order chi connectivity index (χ0) is 23.1. The number of aromatic nitrogens is 2. The van der Waals surface area contributed by atoms with Crippen LogP contribution in [0.2, 0.25) is 0 Å². The van der Waals surface area contributed by atoms with Crippen molar-refractivity contribution in [2.24, 2.45) is 14.1 Å². The predicted molar refractivity (Wildman–Crippen MR) is 129 cm³/mol. The van der Waals surface area contributed by atoms with Crippen LogP contribution in [0.1, 0.15) is 47.8 Å². The lowest BCUT2D eigenvalue weighted by atomic mass is 10.0. The zero-order valence-corrected chi connectivity index (χ0v) is 19.9. The van der Waals surface area contributed by atoms with Crippen molar-refractivity contribution in [2.45, 2.75) is 31.7 Å². The highest BCUT2D eigenvalue weighted by molar-refractivity contribution is 5.92.